The molecule has 0 atom stereocenters. The SMILES string of the molecule is O=C1CN(C(=O)CC2(c3ccccc3)C(=O)c3ccccc3C2=O)CCN1. The van der Waals surface area contributed by atoms with Crippen molar-refractivity contribution in [1.29, 1.82) is 0 Å². The van der Waals surface area contributed by atoms with Gasteiger partial charge in [-0.1, -0.05) is 54.6 Å². The number of carbonyl (C=O) groups excluding carboxylic acids is 4. The van der Waals surface area contributed by atoms with Gasteiger partial charge >= 0.3 is 0 Å². The van der Waals surface area contributed by atoms with E-state index >= 15 is 0 Å². The van der Waals surface area contributed by atoms with E-state index in [1.165, 1.54) is 4.90 Å². The van der Waals surface area contributed by atoms with Crippen molar-refractivity contribution < 1.29 is 19.2 Å². The van der Waals surface area contributed by atoms with Gasteiger partial charge in [0.2, 0.25) is 11.8 Å². The summed E-state index contributed by atoms with van der Waals surface area (Å²) in [4.78, 5) is 52.7. The number of nitrogens with one attached hydrogen (secondary N) is 1. The number of benzene rings is 2. The standard InChI is InChI=1S/C21H18N2O4/c24-17-13-23(11-10-22-17)18(25)12-21(14-6-2-1-3-7-14)19(26)15-8-4-5-9-16(15)20(21)27/h1-9H,10-13H2,(H,22,24). The number of nitrogens with zero attached hydrogens (tertiary/aromatic N) is 1. The Morgan fingerprint density at radius 2 is 1.52 bits per heavy atom. The van der Waals surface area contributed by atoms with Crippen molar-refractivity contribution in [1.82, 2.24) is 10.2 Å². The van der Waals surface area contributed by atoms with E-state index in [4.69, 9.17) is 0 Å². The minimum Gasteiger partial charge on any atom is -0.353 e. The molecule has 2 aromatic rings. The van der Waals surface area contributed by atoms with E-state index in [-0.39, 0.29) is 36.3 Å². The molecule has 0 bridgehead atoms. The summed E-state index contributed by atoms with van der Waals surface area (Å²) in [6.45, 7) is 0.675. The third-order valence-corrected chi connectivity index (χ3v) is 5.27. The van der Waals surface area contributed by atoms with Gasteiger partial charge in [-0.2, -0.15) is 0 Å². The minimum absolute atomic E-state index is 0.0565. The Balaban J connectivity index is 1.78. The Kier molecular flexibility index (Phi) is 4.11. The first-order valence-corrected chi connectivity index (χ1v) is 8.82. The van der Waals surface area contributed by atoms with Crippen LogP contribution in [-0.4, -0.2) is 47.9 Å². The van der Waals surface area contributed by atoms with Crippen molar-refractivity contribution in [3.63, 3.8) is 0 Å². The van der Waals surface area contributed by atoms with Gasteiger partial charge in [-0.05, 0) is 5.56 Å². The molecule has 0 unspecified atom stereocenters. The molecule has 0 saturated carbocycles. The van der Waals surface area contributed by atoms with Crippen molar-refractivity contribution in [3.8, 4) is 0 Å². The van der Waals surface area contributed by atoms with E-state index in [1.807, 2.05) is 0 Å². The summed E-state index contributed by atoms with van der Waals surface area (Å²) in [7, 11) is 0. The molecule has 0 radical (unpaired) electrons. The molecule has 2 aliphatic rings. The molecular weight excluding hydrogens is 344 g/mol. The number of hydrogen-bond donors (Lipinski definition) is 1. The monoisotopic (exact) mass is 362 g/mol. The summed E-state index contributed by atoms with van der Waals surface area (Å²) in [6.07, 6.45) is -0.281. The highest BCUT2D eigenvalue weighted by molar-refractivity contribution is 6.34. The van der Waals surface area contributed by atoms with Crippen LogP contribution in [0.1, 0.15) is 32.7 Å². The van der Waals surface area contributed by atoms with Crippen LogP contribution in [0.5, 0.6) is 0 Å². The molecule has 6 heteroatoms. The lowest BCUT2D eigenvalue weighted by Gasteiger charge is -2.31. The van der Waals surface area contributed by atoms with Crippen LogP contribution in [-0.2, 0) is 15.0 Å². The number of amides is 2. The first kappa shape index (κ1) is 17.1. The van der Waals surface area contributed by atoms with E-state index in [0.29, 0.717) is 29.8 Å². The zero-order valence-corrected chi connectivity index (χ0v) is 14.6. The molecule has 0 aromatic heterocycles. The van der Waals surface area contributed by atoms with E-state index < -0.39 is 5.41 Å². The quantitative estimate of drug-likeness (QED) is 0.836. The summed E-state index contributed by atoms with van der Waals surface area (Å²) < 4.78 is 0. The average molecular weight is 362 g/mol. The van der Waals surface area contributed by atoms with Gasteiger partial charge in [-0.15, -0.1) is 0 Å². The minimum atomic E-state index is -1.57. The van der Waals surface area contributed by atoms with Crippen LogP contribution in [0.15, 0.2) is 54.6 Å². The van der Waals surface area contributed by atoms with Crippen LogP contribution in [0.25, 0.3) is 0 Å². The van der Waals surface area contributed by atoms with Gasteiger partial charge in [-0.3, -0.25) is 19.2 Å². The number of piperazine rings is 1. The fourth-order valence-corrected chi connectivity index (χ4v) is 3.88. The molecule has 6 nitrogen and oxygen atoms in total. The second-order valence-electron chi connectivity index (χ2n) is 6.82. The fraction of sp³-hybridized carbons (Fsp3) is 0.238. The molecule has 1 aliphatic carbocycles. The lowest BCUT2D eigenvalue weighted by atomic mass is 9.73. The fourth-order valence-electron chi connectivity index (χ4n) is 3.88. The third-order valence-electron chi connectivity index (χ3n) is 5.27. The molecule has 1 fully saturated rings. The van der Waals surface area contributed by atoms with Gasteiger partial charge in [0.1, 0.15) is 5.41 Å². The third kappa shape index (κ3) is 2.65. The molecule has 27 heavy (non-hydrogen) atoms. The molecule has 1 heterocycles. The smallest absolute Gasteiger partial charge is 0.239 e. The van der Waals surface area contributed by atoms with Crippen molar-refractivity contribution in [2.24, 2.45) is 0 Å². The predicted octanol–water partition coefficient (Wildman–Crippen LogP) is 1.35. The predicted molar refractivity (Wildman–Crippen MR) is 97.4 cm³/mol. The van der Waals surface area contributed by atoms with Crippen LogP contribution in [0.2, 0.25) is 0 Å². The molecule has 1 saturated heterocycles. The summed E-state index contributed by atoms with van der Waals surface area (Å²) in [5.41, 5.74) is -0.382. The van der Waals surface area contributed by atoms with Crippen molar-refractivity contribution >= 4 is 23.4 Å². The van der Waals surface area contributed by atoms with Gasteiger partial charge < -0.3 is 10.2 Å². The maximum atomic E-state index is 13.3. The molecule has 2 aromatic carbocycles. The lowest BCUT2D eigenvalue weighted by molar-refractivity contribution is -0.138. The number of Topliss-reactive ketones (excluding diaryl/α,β-unsaturated/α-hetero) is 2. The second-order valence-corrected chi connectivity index (χ2v) is 6.82. The number of rotatable bonds is 3. The molecule has 136 valence electrons. The zero-order valence-electron chi connectivity index (χ0n) is 14.6. The Bertz CT molecular complexity index is 917. The Labute approximate surface area is 156 Å². The molecule has 2 amide bonds. The summed E-state index contributed by atoms with van der Waals surface area (Å²) >= 11 is 0. The van der Waals surface area contributed by atoms with Gasteiger partial charge in [-0.25, -0.2) is 0 Å². The maximum Gasteiger partial charge on any atom is 0.239 e. The Morgan fingerprint density at radius 3 is 2.11 bits per heavy atom. The number of carbonyl (C=O) groups is 4. The topological polar surface area (TPSA) is 83.6 Å². The van der Waals surface area contributed by atoms with Gasteiger partial charge in [0.25, 0.3) is 0 Å². The van der Waals surface area contributed by atoms with E-state index in [9.17, 15) is 19.2 Å². The van der Waals surface area contributed by atoms with Crippen LogP contribution >= 0.6 is 0 Å². The Hall–Kier alpha value is -3.28. The first-order chi connectivity index (χ1) is 13.0. The average Bonchev–Trinajstić information content (AvgIpc) is 2.91. The summed E-state index contributed by atoms with van der Waals surface area (Å²) in [6, 6.07) is 15.4. The lowest BCUT2D eigenvalue weighted by Crippen LogP contribution is -2.52. The normalized spacial score (nSPS) is 18.2. The van der Waals surface area contributed by atoms with E-state index in [1.54, 1.807) is 54.6 Å². The molecule has 0 spiro atoms. The first-order valence-electron chi connectivity index (χ1n) is 8.82. The van der Waals surface area contributed by atoms with Gasteiger partial charge in [0.15, 0.2) is 11.6 Å². The van der Waals surface area contributed by atoms with Crippen LogP contribution in [0.4, 0.5) is 0 Å². The van der Waals surface area contributed by atoms with Crippen LogP contribution in [0.3, 0.4) is 0 Å². The second kappa shape index (κ2) is 6.46. The molecular formula is C21H18N2O4. The van der Waals surface area contributed by atoms with Crippen LogP contribution in [0, 0.1) is 0 Å². The number of ketones is 2. The highest BCUT2D eigenvalue weighted by Gasteiger charge is 2.55. The van der Waals surface area contributed by atoms with Crippen molar-refractivity contribution in [3.05, 3.63) is 71.3 Å². The number of hydrogen-bond acceptors (Lipinski definition) is 4. The molecule has 1 N–H and O–H groups in total. The van der Waals surface area contributed by atoms with Crippen molar-refractivity contribution in [2.45, 2.75) is 11.8 Å². The summed E-state index contributed by atoms with van der Waals surface area (Å²) in [5, 5.41) is 2.67. The maximum absolute atomic E-state index is 13.3. The molecule has 1 aliphatic heterocycles. The van der Waals surface area contributed by atoms with Crippen LogP contribution < -0.4 is 5.32 Å². The van der Waals surface area contributed by atoms with Crippen molar-refractivity contribution in [2.75, 3.05) is 19.6 Å². The highest BCUT2D eigenvalue weighted by atomic mass is 16.2. The van der Waals surface area contributed by atoms with E-state index in [2.05, 4.69) is 5.32 Å². The van der Waals surface area contributed by atoms with E-state index in [0.717, 1.165) is 0 Å². The number of fused-ring (bicyclic) bond motifs is 1. The largest absolute Gasteiger partial charge is 0.353 e. The zero-order chi connectivity index (χ0) is 19.0. The Morgan fingerprint density at radius 1 is 0.926 bits per heavy atom. The molecule has 4 rings (SSSR count). The highest BCUT2D eigenvalue weighted by Crippen LogP contribution is 2.42. The summed E-state index contributed by atoms with van der Waals surface area (Å²) in [5.74, 6) is -1.33. The van der Waals surface area contributed by atoms with Gasteiger partial charge in [0.05, 0.1) is 13.0 Å². The van der Waals surface area contributed by atoms with Gasteiger partial charge in [0, 0.05) is 24.2 Å².